The molecule has 0 radical (unpaired) electrons. The molecule has 0 fully saturated rings. The van der Waals surface area contributed by atoms with Crippen molar-refractivity contribution >= 4 is 34.0 Å². The second-order valence-electron chi connectivity index (χ2n) is 3.64. The molecular weight excluding hydrogens is 224 g/mol. The lowest BCUT2D eigenvalue weighted by atomic mass is 9.84. The van der Waals surface area contributed by atoms with Gasteiger partial charge in [-0.3, -0.25) is 4.79 Å². The lowest BCUT2D eigenvalue weighted by Gasteiger charge is -2.22. The fraction of sp³-hybridized carbons (Fsp3) is 0.333. The van der Waals surface area contributed by atoms with E-state index >= 15 is 0 Å². The number of benzene rings is 1. The van der Waals surface area contributed by atoms with E-state index in [2.05, 4.69) is 0 Å². The maximum atomic E-state index is 12.1. The van der Waals surface area contributed by atoms with Gasteiger partial charge in [-0.05, 0) is 24.7 Å². The maximum absolute atomic E-state index is 12.1. The summed E-state index contributed by atoms with van der Waals surface area (Å²) in [6.45, 7) is 0. The third-order valence-corrected chi connectivity index (χ3v) is 4.26. The molecule has 1 aliphatic carbocycles. The van der Waals surface area contributed by atoms with Crippen molar-refractivity contribution in [1.29, 1.82) is 0 Å². The number of hydrogen-bond donors (Lipinski definition) is 0. The molecule has 0 spiro atoms. The van der Waals surface area contributed by atoms with Crippen LogP contribution >= 0.6 is 24.0 Å². The zero-order chi connectivity index (χ0) is 10.8. The minimum atomic E-state index is -0.0510. The molecule has 0 bridgehead atoms. The molecule has 15 heavy (non-hydrogen) atoms. The Morgan fingerprint density at radius 3 is 2.93 bits per heavy atom. The second-order valence-corrected chi connectivity index (χ2v) is 5.18. The molecule has 1 nitrogen and oxygen atoms in total. The number of hydrogen-bond acceptors (Lipinski definition) is 3. The number of aryl methyl sites for hydroxylation is 1. The fourth-order valence-corrected chi connectivity index (χ4v) is 2.70. The molecule has 1 atom stereocenters. The number of carbonyl (C=O) groups excluding carboxylic acids is 1. The number of ketones is 1. The first kappa shape index (κ1) is 10.8. The van der Waals surface area contributed by atoms with E-state index in [1.807, 2.05) is 30.5 Å². The third kappa shape index (κ3) is 1.99. The summed E-state index contributed by atoms with van der Waals surface area (Å²) in [6.07, 6.45) is 3.78. The minimum absolute atomic E-state index is 0.0510. The van der Waals surface area contributed by atoms with Gasteiger partial charge in [-0.2, -0.15) is 0 Å². The highest BCUT2D eigenvalue weighted by Gasteiger charge is 2.29. The lowest BCUT2D eigenvalue weighted by Crippen LogP contribution is -2.26. The van der Waals surface area contributed by atoms with E-state index in [1.54, 1.807) is 0 Å². The molecule has 0 amide bonds. The fourth-order valence-electron chi connectivity index (χ4n) is 1.96. The summed E-state index contributed by atoms with van der Waals surface area (Å²) in [5.74, 6) is 0.154. The van der Waals surface area contributed by atoms with Crippen LogP contribution in [-0.4, -0.2) is 16.2 Å². The lowest BCUT2D eigenvalue weighted by molar-refractivity contribution is 0.0943. The quantitative estimate of drug-likeness (QED) is 0.697. The number of thioether (sulfide) groups is 1. The molecule has 78 valence electrons. The molecule has 2 rings (SSSR count). The largest absolute Gasteiger partial charge is 0.293 e. The monoisotopic (exact) mass is 236 g/mol. The van der Waals surface area contributed by atoms with Gasteiger partial charge in [-0.25, -0.2) is 0 Å². The first-order chi connectivity index (χ1) is 7.24. The first-order valence-electron chi connectivity index (χ1n) is 4.94. The highest BCUT2D eigenvalue weighted by atomic mass is 32.2. The van der Waals surface area contributed by atoms with Crippen LogP contribution in [0.25, 0.3) is 0 Å². The van der Waals surface area contributed by atoms with Crippen molar-refractivity contribution < 1.29 is 4.79 Å². The molecule has 1 aromatic carbocycles. The zero-order valence-electron chi connectivity index (χ0n) is 8.53. The van der Waals surface area contributed by atoms with Crippen molar-refractivity contribution in [2.75, 3.05) is 6.26 Å². The van der Waals surface area contributed by atoms with Crippen molar-refractivity contribution in [2.45, 2.75) is 12.8 Å². The van der Waals surface area contributed by atoms with Gasteiger partial charge in [0, 0.05) is 5.56 Å². The van der Waals surface area contributed by atoms with Crippen LogP contribution in [-0.2, 0) is 6.42 Å². The summed E-state index contributed by atoms with van der Waals surface area (Å²) >= 11 is 6.74. The number of Topliss-reactive ketones (excluding diaryl/α,β-unsaturated/α-hetero) is 1. The van der Waals surface area contributed by atoms with Gasteiger partial charge in [-0.15, -0.1) is 11.8 Å². The van der Waals surface area contributed by atoms with E-state index in [4.69, 9.17) is 12.2 Å². The van der Waals surface area contributed by atoms with Crippen LogP contribution in [0.15, 0.2) is 24.3 Å². The normalized spacial score (nSPS) is 19.8. The van der Waals surface area contributed by atoms with Crippen molar-refractivity contribution in [2.24, 2.45) is 5.92 Å². The molecule has 0 aromatic heterocycles. The Hall–Kier alpha value is -0.670. The van der Waals surface area contributed by atoms with Gasteiger partial charge < -0.3 is 0 Å². The smallest absolute Gasteiger partial charge is 0.171 e. The van der Waals surface area contributed by atoms with Gasteiger partial charge in [0.15, 0.2) is 5.78 Å². The van der Waals surface area contributed by atoms with Gasteiger partial charge >= 0.3 is 0 Å². The Morgan fingerprint density at radius 2 is 2.20 bits per heavy atom. The molecule has 3 heteroatoms. The van der Waals surface area contributed by atoms with E-state index in [9.17, 15) is 4.79 Å². The number of fused-ring (bicyclic) bond motifs is 1. The predicted molar refractivity (Wildman–Crippen MR) is 68.7 cm³/mol. The van der Waals surface area contributed by atoms with Crippen molar-refractivity contribution in [3.05, 3.63) is 35.4 Å². The van der Waals surface area contributed by atoms with Gasteiger partial charge in [0.05, 0.1) is 10.1 Å². The van der Waals surface area contributed by atoms with Crippen molar-refractivity contribution in [3.8, 4) is 0 Å². The molecule has 1 aromatic rings. The molecule has 0 saturated heterocycles. The van der Waals surface area contributed by atoms with Crippen LogP contribution in [0.3, 0.4) is 0 Å². The molecular formula is C12H12OS2. The molecule has 1 unspecified atom stereocenters. The Labute approximate surface area is 99.3 Å². The van der Waals surface area contributed by atoms with Gasteiger partial charge in [0.25, 0.3) is 0 Å². The molecule has 0 saturated carbocycles. The molecule has 0 aliphatic heterocycles. The van der Waals surface area contributed by atoms with Crippen LogP contribution in [0.1, 0.15) is 22.3 Å². The standard InChI is InChI=1S/C12H12OS2/c1-15-12(14)10-7-6-8-4-2-3-5-9(8)11(10)13/h2-5,10H,6-7H2,1H3. The molecule has 0 heterocycles. The Balaban J connectivity index is 2.34. The summed E-state index contributed by atoms with van der Waals surface area (Å²) in [4.78, 5) is 12.1. The van der Waals surface area contributed by atoms with Crippen LogP contribution in [0, 0.1) is 5.92 Å². The van der Waals surface area contributed by atoms with E-state index in [0.717, 1.165) is 22.6 Å². The molecule has 0 N–H and O–H groups in total. The topological polar surface area (TPSA) is 17.1 Å². The predicted octanol–water partition coefficient (Wildman–Crippen LogP) is 3.12. The van der Waals surface area contributed by atoms with E-state index in [1.165, 1.54) is 17.3 Å². The Bertz CT molecular complexity index is 412. The van der Waals surface area contributed by atoms with E-state index < -0.39 is 0 Å². The van der Waals surface area contributed by atoms with Gasteiger partial charge in [-0.1, -0.05) is 36.5 Å². The Morgan fingerprint density at radius 1 is 1.47 bits per heavy atom. The average molecular weight is 236 g/mol. The van der Waals surface area contributed by atoms with Crippen LogP contribution in [0.2, 0.25) is 0 Å². The van der Waals surface area contributed by atoms with Gasteiger partial charge in [0.1, 0.15) is 0 Å². The van der Waals surface area contributed by atoms with Gasteiger partial charge in [0.2, 0.25) is 0 Å². The number of rotatable bonds is 1. The van der Waals surface area contributed by atoms with Crippen LogP contribution in [0.5, 0.6) is 0 Å². The summed E-state index contributed by atoms with van der Waals surface area (Å²) in [5.41, 5.74) is 2.04. The summed E-state index contributed by atoms with van der Waals surface area (Å²) in [7, 11) is 0. The van der Waals surface area contributed by atoms with Crippen molar-refractivity contribution in [1.82, 2.24) is 0 Å². The summed E-state index contributed by atoms with van der Waals surface area (Å²) < 4.78 is 0.828. The second kappa shape index (κ2) is 4.45. The van der Waals surface area contributed by atoms with E-state index in [0.29, 0.717) is 0 Å². The number of thiocarbonyl (C=S) groups is 1. The SMILES string of the molecule is CSC(=S)C1CCc2ccccc2C1=O. The maximum Gasteiger partial charge on any atom is 0.171 e. The number of carbonyl (C=O) groups is 1. The van der Waals surface area contributed by atoms with E-state index in [-0.39, 0.29) is 11.7 Å². The highest BCUT2D eigenvalue weighted by Crippen LogP contribution is 2.28. The Kier molecular flexibility index (Phi) is 3.22. The first-order valence-corrected chi connectivity index (χ1v) is 6.57. The summed E-state index contributed by atoms with van der Waals surface area (Å²) in [6, 6.07) is 7.85. The van der Waals surface area contributed by atoms with Crippen LogP contribution < -0.4 is 0 Å². The minimum Gasteiger partial charge on any atom is -0.293 e. The summed E-state index contributed by atoms with van der Waals surface area (Å²) in [5, 5.41) is 0. The average Bonchev–Trinajstić information content (AvgIpc) is 2.29. The van der Waals surface area contributed by atoms with Crippen LogP contribution in [0.4, 0.5) is 0 Å². The highest BCUT2D eigenvalue weighted by molar-refractivity contribution is 8.22. The third-order valence-electron chi connectivity index (χ3n) is 2.79. The molecule has 1 aliphatic rings. The zero-order valence-corrected chi connectivity index (χ0v) is 10.2. The van der Waals surface area contributed by atoms with Crippen molar-refractivity contribution in [3.63, 3.8) is 0 Å².